The summed E-state index contributed by atoms with van der Waals surface area (Å²) in [7, 11) is 3.18. The fourth-order valence-corrected chi connectivity index (χ4v) is 3.29. The Kier molecular flexibility index (Phi) is 3.15. The molecule has 0 bridgehead atoms. The molecule has 2 aromatic rings. The molecule has 0 aromatic heterocycles. The van der Waals surface area contributed by atoms with Crippen molar-refractivity contribution in [3.63, 3.8) is 0 Å². The van der Waals surface area contributed by atoms with Crippen LogP contribution in [0.5, 0.6) is 23.0 Å². The van der Waals surface area contributed by atoms with Crippen LogP contribution in [0.25, 0.3) is 0 Å². The molecule has 5 heteroatoms. The molecule has 1 unspecified atom stereocenters. The van der Waals surface area contributed by atoms with Crippen LogP contribution < -0.4 is 18.9 Å². The summed E-state index contributed by atoms with van der Waals surface area (Å²) in [5.74, 6) is 2.80. The van der Waals surface area contributed by atoms with Gasteiger partial charge in [0, 0.05) is 29.5 Å². The topological polar surface area (TPSA) is 54.0 Å². The lowest BCUT2D eigenvalue weighted by molar-refractivity contribution is 0.0991. The molecule has 0 spiro atoms. The van der Waals surface area contributed by atoms with E-state index < -0.39 is 0 Å². The third-order valence-corrected chi connectivity index (χ3v) is 4.41. The van der Waals surface area contributed by atoms with E-state index >= 15 is 0 Å². The number of carbonyl (C=O) groups excluding carboxylic acids is 1. The van der Waals surface area contributed by atoms with Crippen molar-refractivity contribution >= 4 is 5.78 Å². The fourth-order valence-electron chi connectivity index (χ4n) is 3.29. The lowest BCUT2D eigenvalue weighted by Crippen LogP contribution is -2.00. The molecule has 5 nitrogen and oxygen atoms in total. The van der Waals surface area contributed by atoms with E-state index in [4.69, 9.17) is 18.9 Å². The van der Waals surface area contributed by atoms with Crippen molar-refractivity contribution in [2.45, 2.75) is 12.3 Å². The summed E-state index contributed by atoms with van der Waals surface area (Å²) in [6.45, 7) is 0.236. The van der Waals surface area contributed by atoms with Crippen LogP contribution in [0.3, 0.4) is 0 Å². The highest BCUT2D eigenvalue weighted by atomic mass is 16.7. The maximum Gasteiger partial charge on any atom is 0.231 e. The molecule has 0 fully saturated rings. The summed E-state index contributed by atoms with van der Waals surface area (Å²) in [5.41, 5.74) is 2.60. The Morgan fingerprint density at radius 3 is 2.65 bits per heavy atom. The van der Waals surface area contributed by atoms with Gasteiger partial charge in [-0.3, -0.25) is 4.79 Å². The Morgan fingerprint density at radius 2 is 1.87 bits per heavy atom. The second-order valence-electron chi connectivity index (χ2n) is 5.58. The molecule has 118 valence electrons. The zero-order chi connectivity index (χ0) is 16.0. The van der Waals surface area contributed by atoms with E-state index in [1.54, 1.807) is 20.3 Å². The molecule has 0 radical (unpaired) electrons. The summed E-state index contributed by atoms with van der Waals surface area (Å²) < 4.78 is 21.6. The van der Waals surface area contributed by atoms with E-state index in [1.807, 2.05) is 24.3 Å². The van der Waals surface area contributed by atoms with Crippen molar-refractivity contribution in [2.75, 3.05) is 21.0 Å². The highest BCUT2D eigenvalue weighted by molar-refractivity contribution is 6.03. The van der Waals surface area contributed by atoms with E-state index in [1.165, 1.54) is 0 Å². The molecule has 2 aromatic carbocycles. The molecule has 0 N–H and O–H groups in total. The molecule has 1 heterocycles. The summed E-state index contributed by atoms with van der Waals surface area (Å²) in [4.78, 5) is 12.5. The molecule has 0 saturated carbocycles. The van der Waals surface area contributed by atoms with E-state index in [0.717, 1.165) is 22.6 Å². The van der Waals surface area contributed by atoms with Gasteiger partial charge in [0.05, 0.1) is 14.2 Å². The molecule has 4 rings (SSSR count). The van der Waals surface area contributed by atoms with Crippen molar-refractivity contribution in [1.82, 2.24) is 0 Å². The van der Waals surface area contributed by atoms with Crippen LogP contribution in [-0.2, 0) is 0 Å². The van der Waals surface area contributed by atoms with Crippen LogP contribution >= 0.6 is 0 Å². The van der Waals surface area contributed by atoms with E-state index in [0.29, 0.717) is 23.5 Å². The van der Waals surface area contributed by atoms with Crippen molar-refractivity contribution in [1.29, 1.82) is 0 Å². The number of ether oxygens (including phenoxy) is 4. The third kappa shape index (κ3) is 2.11. The second kappa shape index (κ2) is 5.19. The Balaban J connectivity index is 1.83. The van der Waals surface area contributed by atoms with Crippen LogP contribution in [-0.4, -0.2) is 26.8 Å². The highest BCUT2D eigenvalue weighted by Crippen LogP contribution is 2.47. The second-order valence-corrected chi connectivity index (χ2v) is 5.58. The Bertz CT molecular complexity index is 796. The first-order valence-electron chi connectivity index (χ1n) is 7.40. The smallest absolute Gasteiger partial charge is 0.231 e. The van der Waals surface area contributed by atoms with Gasteiger partial charge in [-0.1, -0.05) is 6.07 Å². The minimum atomic E-state index is -0.0483. The van der Waals surface area contributed by atoms with Gasteiger partial charge in [0.1, 0.15) is 11.5 Å². The number of carbonyl (C=O) groups is 1. The molecule has 1 aliphatic carbocycles. The van der Waals surface area contributed by atoms with Gasteiger partial charge < -0.3 is 18.9 Å². The Hall–Kier alpha value is -2.69. The molecule has 23 heavy (non-hydrogen) atoms. The first-order chi connectivity index (χ1) is 11.2. The Labute approximate surface area is 133 Å². The average molecular weight is 312 g/mol. The van der Waals surface area contributed by atoms with Crippen LogP contribution in [0.1, 0.15) is 33.8 Å². The van der Waals surface area contributed by atoms with Crippen molar-refractivity contribution < 1.29 is 23.7 Å². The van der Waals surface area contributed by atoms with Gasteiger partial charge in [-0.2, -0.15) is 0 Å². The van der Waals surface area contributed by atoms with E-state index in [2.05, 4.69) is 0 Å². The van der Waals surface area contributed by atoms with Gasteiger partial charge in [-0.25, -0.2) is 0 Å². The standard InChI is InChI=1S/C18H16O5/c1-20-11-6-13-14(19)8-12(18(13)17(7-11)21-2)10-3-4-15-16(5-10)23-9-22-15/h3-7,12H,8-9H2,1-2H3. The molecular formula is C18H16O5. The molecule has 0 amide bonds. The number of Topliss-reactive ketones (excluding diaryl/α,β-unsaturated/α-hetero) is 1. The number of hydrogen-bond acceptors (Lipinski definition) is 5. The average Bonchev–Trinajstić information content (AvgIpc) is 3.18. The summed E-state index contributed by atoms with van der Waals surface area (Å²) in [6.07, 6.45) is 0.415. The minimum Gasteiger partial charge on any atom is -0.497 e. The third-order valence-electron chi connectivity index (χ3n) is 4.41. The van der Waals surface area contributed by atoms with Gasteiger partial charge in [0.15, 0.2) is 17.3 Å². The quantitative estimate of drug-likeness (QED) is 0.871. The minimum absolute atomic E-state index is 0.0483. The van der Waals surface area contributed by atoms with E-state index in [9.17, 15) is 4.79 Å². The maximum atomic E-state index is 12.5. The van der Waals surface area contributed by atoms with Gasteiger partial charge in [0.25, 0.3) is 0 Å². The van der Waals surface area contributed by atoms with Crippen molar-refractivity contribution in [3.05, 3.63) is 47.0 Å². The van der Waals surface area contributed by atoms with Gasteiger partial charge in [0.2, 0.25) is 6.79 Å². The molecular weight excluding hydrogens is 296 g/mol. The summed E-state index contributed by atoms with van der Waals surface area (Å²) in [6, 6.07) is 9.41. The zero-order valence-electron chi connectivity index (χ0n) is 12.9. The lowest BCUT2D eigenvalue weighted by Gasteiger charge is -2.16. The van der Waals surface area contributed by atoms with Gasteiger partial charge >= 0.3 is 0 Å². The van der Waals surface area contributed by atoms with E-state index in [-0.39, 0.29) is 18.5 Å². The first kappa shape index (κ1) is 13.9. The van der Waals surface area contributed by atoms with Crippen molar-refractivity contribution in [3.8, 4) is 23.0 Å². The van der Waals surface area contributed by atoms with Gasteiger partial charge in [-0.15, -0.1) is 0 Å². The molecule has 1 atom stereocenters. The largest absolute Gasteiger partial charge is 0.497 e. The van der Waals surface area contributed by atoms with Crippen LogP contribution in [0.15, 0.2) is 30.3 Å². The molecule has 0 saturated heterocycles. The zero-order valence-corrected chi connectivity index (χ0v) is 12.9. The predicted molar refractivity (Wildman–Crippen MR) is 82.9 cm³/mol. The normalized spacial score (nSPS) is 18.0. The first-order valence-corrected chi connectivity index (χ1v) is 7.40. The number of methoxy groups -OCH3 is 2. The van der Waals surface area contributed by atoms with Crippen LogP contribution in [0, 0.1) is 0 Å². The monoisotopic (exact) mass is 312 g/mol. The lowest BCUT2D eigenvalue weighted by atomic mass is 9.92. The van der Waals surface area contributed by atoms with Crippen molar-refractivity contribution in [2.24, 2.45) is 0 Å². The van der Waals surface area contributed by atoms with Crippen LogP contribution in [0.4, 0.5) is 0 Å². The van der Waals surface area contributed by atoms with Crippen LogP contribution in [0.2, 0.25) is 0 Å². The number of hydrogen-bond donors (Lipinski definition) is 0. The summed E-state index contributed by atoms with van der Waals surface area (Å²) in [5, 5.41) is 0. The number of rotatable bonds is 3. The molecule has 1 aliphatic heterocycles. The summed E-state index contributed by atoms with van der Waals surface area (Å²) >= 11 is 0. The highest BCUT2D eigenvalue weighted by Gasteiger charge is 2.35. The number of ketones is 1. The van der Waals surface area contributed by atoms with Gasteiger partial charge in [-0.05, 0) is 23.8 Å². The maximum absolute atomic E-state index is 12.5. The predicted octanol–water partition coefficient (Wildman–Crippen LogP) is 3.15. The SMILES string of the molecule is COc1cc(OC)c2c(c1)C(=O)CC2c1ccc2c(c1)OCO2. The number of benzene rings is 2. The number of fused-ring (bicyclic) bond motifs is 2. The fraction of sp³-hybridized carbons (Fsp3) is 0.278. The molecule has 2 aliphatic rings. The Morgan fingerprint density at radius 1 is 1.04 bits per heavy atom.